The summed E-state index contributed by atoms with van der Waals surface area (Å²) in [6.45, 7) is 2.97. The van der Waals surface area contributed by atoms with Crippen LogP contribution in [0.5, 0.6) is 0 Å². The summed E-state index contributed by atoms with van der Waals surface area (Å²) in [5.74, 6) is 0.702. The Morgan fingerprint density at radius 2 is 2.53 bits per heavy atom. The van der Waals surface area contributed by atoms with E-state index < -0.39 is 0 Å². The third kappa shape index (κ3) is 2.89. The number of nitrogens with zero attached hydrogens (tertiary/aromatic N) is 2. The molecule has 4 heteroatoms. The summed E-state index contributed by atoms with van der Waals surface area (Å²) in [5.41, 5.74) is 0.00117. The molecule has 4 nitrogen and oxygen atoms in total. The number of aryl methyl sites for hydroxylation is 1. The number of rotatable bonds is 3. The highest BCUT2D eigenvalue weighted by molar-refractivity contribution is 4.84. The second-order valence-corrected chi connectivity index (χ2v) is 4.09. The fourth-order valence-electron chi connectivity index (χ4n) is 2.03. The van der Waals surface area contributed by atoms with E-state index >= 15 is 0 Å². The maximum Gasteiger partial charge on any atom is 0.266 e. The van der Waals surface area contributed by atoms with Gasteiger partial charge in [-0.2, -0.15) is 5.10 Å². The number of piperidine rings is 1. The van der Waals surface area contributed by atoms with E-state index in [0.717, 1.165) is 26.1 Å². The molecule has 15 heavy (non-hydrogen) atoms. The second-order valence-electron chi connectivity index (χ2n) is 4.09. The first-order chi connectivity index (χ1) is 7.36. The topological polar surface area (TPSA) is 46.9 Å². The Hall–Kier alpha value is -1.16. The molecule has 1 aliphatic heterocycles. The van der Waals surface area contributed by atoms with E-state index in [0.29, 0.717) is 5.92 Å². The molecule has 1 fully saturated rings. The van der Waals surface area contributed by atoms with Gasteiger partial charge in [0.25, 0.3) is 5.56 Å². The first-order valence-corrected chi connectivity index (χ1v) is 5.59. The van der Waals surface area contributed by atoms with Crippen molar-refractivity contribution in [2.75, 3.05) is 13.1 Å². The lowest BCUT2D eigenvalue weighted by atomic mass is 9.96. The molecule has 0 amide bonds. The lowest BCUT2D eigenvalue weighted by Gasteiger charge is -2.22. The molecular formula is C11H17N3O. The van der Waals surface area contributed by atoms with Crippen LogP contribution < -0.4 is 10.9 Å². The standard InChI is InChI=1S/C11H17N3O/c15-11-4-2-7-13-14(11)8-5-10-3-1-6-12-9-10/h2,4,7,10,12H,1,3,5-6,8-9H2. The Balaban J connectivity index is 1.87. The SMILES string of the molecule is O=c1cccnn1CCC1CCCNC1. The van der Waals surface area contributed by atoms with Gasteiger partial charge in [-0.15, -0.1) is 0 Å². The van der Waals surface area contributed by atoms with E-state index in [-0.39, 0.29) is 5.56 Å². The maximum atomic E-state index is 11.4. The zero-order valence-corrected chi connectivity index (χ0v) is 8.85. The van der Waals surface area contributed by atoms with Gasteiger partial charge < -0.3 is 5.32 Å². The predicted octanol–water partition coefficient (Wildman–Crippen LogP) is 0.633. The minimum absolute atomic E-state index is 0.00117. The highest BCUT2D eigenvalue weighted by atomic mass is 16.1. The molecule has 0 aliphatic carbocycles. The number of aromatic nitrogens is 2. The van der Waals surface area contributed by atoms with Crippen LogP contribution in [0.25, 0.3) is 0 Å². The van der Waals surface area contributed by atoms with Crippen molar-refractivity contribution in [2.24, 2.45) is 5.92 Å². The molecule has 1 unspecified atom stereocenters. The van der Waals surface area contributed by atoms with Crippen molar-refractivity contribution in [1.82, 2.24) is 15.1 Å². The summed E-state index contributed by atoms with van der Waals surface area (Å²) in [6.07, 6.45) is 5.24. The van der Waals surface area contributed by atoms with Crippen LogP contribution in [0.1, 0.15) is 19.3 Å². The van der Waals surface area contributed by atoms with E-state index in [9.17, 15) is 4.79 Å². The monoisotopic (exact) mass is 207 g/mol. The average Bonchev–Trinajstić information content (AvgIpc) is 2.29. The highest BCUT2D eigenvalue weighted by Gasteiger charge is 2.12. The van der Waals surface area contributed by atoms with Crippen molar-refractivity contribution < 1.29 is 0 Å². The van der Waals surface area contributed by atoms with Crippen LogP contribution in [0, 0.1) is 5.92 Å². The van der Waals surface area contributed by atoms with Crippen molar-refractivity contribution in [1.29, 1.82) is 0 Å². The van der Waals surface area contributed by atoms with Gasteiger partial charge in [0.15, 0.2) is 0 Å². The molecule has 1 aromatic heterocycles. The van der Waals surface area contributed by atoms with Crippen molar-refractivity contribution in [3.8, 4) is 0 Å². The van der Waals surface area contributed by atoms with Crippen molar-refractivity contribution in [3.05, 3.63) is 28.7 Å². The van der Waals surface area contributed by atoms with Gasteiger partial charge >= 0.3 is 0 Å². The van der Waals surface area contributed by atoms with E-state index in [2.05, 4.69) is 10.4 Å². The molecule has 82 valence electrons. The van der Waals surface area contributed by atoms with Crippen molar-refractivity contribution >= 4 is 0 Å². The molecular weight excluding hydrogens is 190 g/mol. The van der Waals surface area contributed by atoms with Crippen LogP contribution in [0.2, 0.25) is 0 Å². The molecule has 0 aromatic carbocycles. The lowest BCUT2D eigenvalue weighted by molar-refractivity contribution is 0.332. The molecule has 2 heterocycles. The van der Waals surface area contributed by atoms with E-state index in [4.69, 9.17) is 0 Å². The summed E-state index contributed by atoms with van der Waals surface area (Å²) in [4.78, 5) is 11.4. The molecule has 0 saturated carbocycles. The molecule has 1 N–H and O–H groups in total. The third-order valence-electron chi connectivity index (χ3n) is 2.93. The Morgan fingerprint density at radius 3 is 3.27 bits per heavy atom. The minimum atomic E-state index is 0.00117. The normalized spacial score (nSPS) is 21.5. The molecule has 1 aromatic rings. The summed E-state index contributed by atoms with van der Waals surface area (Å²) in [7, 11) is 0. The predicted molar refractivity (Wildman–Crippen MR) is 58.7 cm³/mol. The Labute approximate surface area is 89.3 Å². The summed E-state index contributed by atoms with van der Waals surface area (Å²) in [5, 5.41) is 7.42. The lowest BCUT2D eigenvalue weighted by Crippen LogP contribution is -2.31. The number of hydrogen-bond acceptors (Lipinski definition) is 3. The maximum absolute atomic E-state index is 11.4. The van der Waals surface area contributed by atoms with Crippen LogP contribution in [0.3, 0.4) is 0 Å². The second kappa shape index (κ2) is 5.07. The van der Waals surface area contributed by atoms with E-state index in [1.165, 1.54) is 12.8 Å². The summed E-state index contributed by atoms with van der Waals surface area (Å²) in [6, 6.07) is 3.24. The van der Waals surface area contributed by atoms with Gasteiger partial charge in [0.1, 0.15) is 0 Å². The molecule has 1 aliphatic rings. The van der Waals surface area contributed by atoms with Gasteiger partial charge in [-0.1, -0.05) is 0 Å². The zero-order valence-electron chi connectivity index (χ0n) is 8.85. The highest BCUT2D eigenvalue weighted by Crippen LogP contribution is 2.13. The molecule has 0 spiro atoms. The fraction of sp³-hybridized carbons (Fsp3) is 0.636. The third-order valence-corrected chi connectivity index (χ3v) is 2.93. The minimum Gasteiger partial charge on any atom is -0.316 e. The molecule has 0 radical (unpaired) electrons. The quantitative estimate of drug-likeness (QED) is 0.791. The first-order valence-electron chi connectivity index (χ1n) is 5.59. The van der Waals surface area contributed by atoms with Crippen LogP contribution in [0.15, 0.2) is 23.1 Å². The van der Waals surface area contributed by atoms with Crippen molar-refractivity contribution in [2.45, 2.75) is 25.8 Å². The fourth-order valence-corrected chi connectivity index (χ4v) is 2.03. The number of hydrogen-bond donors (Lipinski definition) is 1. The van der Waals surface area contributed by atoms with Gasteiger partial charge in [-0.3, -0.25) is 4.79 Å². The van der Waals surface area contributed by atoms with E-state index in [1.807, 2.05) is 0 Å². The molecule has 1 saturated heterocycles. The number of nitrogens with one attached hydrogen (secondary N) is 1. The van der Waals surface area contributed by atoms with Gasteiger partial charge in [0, 0.05) is 18.8 Å². The Bertz CT molecular complexity index is 355. The van der Waals surface area contributed by atoms with Crippen LogP contribution in [0.4, 0.5) is 0 Å². The van der Waals surface area contributed by atoms with Crippen LogP contribution >= 0.6 is 0 Å². The Morgan fingerprint density at radius 1 is 1.60 bits per heavy atom. The Kier molecular flexibility index (Phi) is 3.50. The van der Waals surface area contributed by atoms with Gasteiger partial charge in [-0.05, 0) is 44.3 Å². The zero-order chi connectivity index (χ0) is 10.5. The van der Waals surface area contributed by atoms with Gasteiger partial charge in [-0.25, -0.2) is 4.68 Å². The summed E-state index contributed by atoms with van der Waals surface area (Å²) < 4.78 is 1.55. The molecule has 2 rings (SSSR count). The largest absolute Gasteiger partial charge is 0.316 e. The average molecular weight is 207 g/mol. The molecule has 1 atom stereocenters. The smallest absolute Gasteiger partial charge is 0.266 e. The molecule has 0 bridgehead atoms. The van der Waals surface area contributed by atoms with Crippen LogP contribution in [-0.4, -0.2) is 22.9 Å². The van der Waals surface area contributed by atoms with Crippen molar-refractivity contribution in [3.63, 3.8) is 0 Å². The summed E-state index contributed by atoms with van der Waals surface area (Å²) >= 11 is 0. The van der Waals surface area contributed by atoms with Gasteiger partial charge in [0.05, 0.1) is 0 Å². The first kappa shape index (κ1) is 10.4. The van der Waals surface area contributed by atoms with Crippen LogP contribution in [-0.2, 0) is 6.54 Å². The van der Waals surface area contributed by atoms with Gasteiger partial charge in [0.2, 0.25) is 0 Å². The van der Waals surface area contributed by atoms with E-state index in [1.54, 1.807) is 23.0 Å².